The molecule has 2 aromatic rings. The molecule has 0 spiro atoms. The lowest BCUT2D eigenvalue weighted by Crippen LogP contribution is -1.92. The van der Waals surface area contributed by atoms with E-state index in [1.54, 1.807) is 0 Å². The maximum Gasteiger partial charge on any atom is 0.0317 e. The van der Waals surface area contributed by atoms with Gasteiger partial charge in [0.05, 0.1) is 0 Å². The average Bonchev–Trinajstić information content (AvgIpc) is 2.19. The van der Waals surface area contributed by atoms with E-state index in [4.69, 9.17) is 11.5 Å². The van der Waals surface area contributed by atoms with Crippen molar-refractivity contribution in [3.8, 4) is 11.1 Å². The van der Waals surface area contributed by atoms with Crippen LogP contribution in [0.1, 0.15) is 11.1 Å². The topological polar surface area (TPSA) is 52.0 Å². The third kappa shape index (κ3) is 2.71. The van der Waals surface area contributed by atoms with E-state index in [0.29, 0.717) is 0 Å². The molecule has 0 bridgehead atoms. The van der Waals surface area contributed by atoms with Crippen LogP contribution >= 0.6 is 12.4 Å². The highest BCUT2D eigenvalue weighted by atomic mass is 35.5. The molecule has 90 valence electrons. The van der Waals surface area contributed by atoms with E-state index in [9.17, 15) is 0 Å². The molecule has 0 fully saturated rings. The number of hydrogen-bond acceptors (Lipinski definition) is 2. The van der Waals surface area contributed by atoms with Crippen LogP contribution in [0.4, 0.5) is 11.4 Å². The summed E-state index contributed by atoms with van der Waals surface area (Å²) < 4.78 is 0. The summed E-state index contributed by atoms with van der Waals surface area (Å²) in [6, 6.07) is 12.0. The largest absolute Gasteiger partial charge is 0.399 e. The standard InChI is InChI=1S/C14H16N2.ClH/c1-9-7-11(15)3-5-13(9)14-6-4-12(16)8-10(14)2;/h3-8H,15-16H2,1-2H3;1H. The summed E-state index contributed by atoms with van der Waals surface area (Å²) in [6.07, 6.45) is 0. The fraction of sp³-hybridized carbons (Fsp3) is 0.143. The van der Waals surface area contributed by atoms with Gasteiger partial charge in [-0.05, 0) is 60.4 Å². The quantitative estimate of drug-likeness (QED) is 0.759. The molecule has 2 nitrogen and oxygen atoms in total. The molecule has 0 atom stereocenters. The first kappa shape index (κ1) is 13.4. The number of rotatable bonds is 1. The van der Waals surface area contributed by atoms with E-state index < -0.39 is 0 Å². The molecule has 0 aromatic heterocycles. The molecule has 0 saturated carbocycles. The second-order valence-electron chi connectivity index (χ2n) is 4.15. The zero-order valence-corrected chi connectivity index (χ0v) is 10.8. The van der Waals surface area contributed by atoms with Crippen LogP contribution in [-0.4, -0.2) is 0 Å². The van der Waals surface area contributed by atoms with Gasteiger partial charge < -0.3 is 11.5 Å². The number of halogens is 1. The summed E-state index contributed by atoms with van der Waals surface area (Å²) in [5.41, 5.74) is 17.9. The summed E-state index contributed by atoms with van der Waals surface area (Å²) in [7, 11) is 0. The minimum atomic E-state index is 0. The summed E-state index contributed by atoms with van der Waals surface area (Å²) >= 11 is 0. The zero-order valence-electron chi connectivity index (χ0n) is 10.0. The Labute approximate surface area is 108 Å². The maximum absolute atomic E-state index is 5.75. The van der Waals surface area contributed by atoms with Crippen molar-refractivity contribution in [1.82, 2.24) is 0 Å². The minimum absolute atomic E-state index is 0. The monoisotopic (exact) mass is 248 g/mol. The normalized spacial score (nSPS) is 9.76. The zero-order chi connectivity index (χ0) is 11.7. The van der Waals surface area contributed by atoms with Crippen molar-refractivity contribution >= 4 is 23.8 Å². The van der Waals surface area contributed by atoms with Gasteiger partial charge in [0.2, 0.25) is 0 Å². The lowest BCUT2D eigenvalue weighted by molar-refractivity contribution is 1.41. The predicted molar refractivity (Wildman–Crippen MR) is 77.4 cm³/mol. The molecule has 0 unspecified atom stereocenters. The minimum Gasteiger partial charge on any atom is -0.399 e. The van der Waals surface area contributed by atoms with Crippen LogP contribution < -0.4 is 11.5 Å². The molecule has 4 N–H and O–H groups in total. The summed E-state index contributed by atoms with van der Waals surface area (Å²) in [5.74, 6) is 0. The van der Waals surface area contributed by atoms with Crippen LogP contribution in [0.3, 0.4) is 0 Å². The van der Waals surface area contributed by atoms with Gasteiger partial charge >= 0.3 is 0 Å². The lowest BCUT2D eigenvalue weighted by atomic mass is 9.96. The molecular weight excluding hydrogens is 232 g/mol. The highest BCUT2D eigenvalue weighted by Crippen LogP contribution is 2.28. The molecule has 2 aromatic carbocycles. The molecule has 0 heterocycles. The second-order valence-corrected chi connectivity index (χ2v) is 4.15. The van der Waals surface area contributed by atoms with Gasteiger partial charge in [-0.2, -0.15) is 0 Å². The maximum atomic E-state index is 5.75. The Hall–Kier alpha value is -1.67. The van der Waals surface area contributed by atoms with Crippen LogP contribution in [0.25, 0.3) is 11.1 Å². The Morgan fingerprint density at radius 2 is 1.06 bits per heavy atom. The van der Waals surface area contributed by atoms with Crippen molar-refractivity contribution in [1.29, 1.82) is 0 Å². The van der Waals surface area contributed by atoms with Gasteiger partial charge in [0, 0.05) is 11.4 Å². The number of anilines is 2. The first-order valence-electron chi connectivity index (χ1n) is 5.30. The Morgan fingerprint density at radius 1 is 0.706 bits per heavy atom. The fourth-order valence-electron chi connectivity index (χ4n) is 1.98. The van der Waals surface area contributed by atoms with Crippen LogP contribution in [0, 0.1) is 13.8 Å². The SMILES string of the molecule is Cc1cc(N)ccc1-c1ccc(N)cc1C.Cl. The Bertz CT molecular complexity index is 486. The third-order valence-electron chi connectivity index (χ3n) is 2.79. The van der Waals surface area contributed by atoms with Crippen LogP contribution in [-0.2, 0) is 0 Å². The molecule has 3 heteroatoms. The first-order chi connectivity index (χ1) is 7.58. The fourth-order valence-corrected chi connectivity index (χ4v) is 1.98. The van der Waals surface area contributed by atoms with Gasteiger partial charge in [0.1, 0.15) is 0 Å². The molecule has 2 rings (SSSR count). The number of benzene rings is 2. The van der Waals surface area contributed by atoms with Crippen LogP contribution in [0.15, 0.2) is 36.4 Å². The van der Waals surface area contributed by atoms with Gasteiger partial charge in [0.25, 0.3) is 0 Å². The smallest absolute Gasteiger partial charge is 0.0317 e. The van der Waals surface area contributed by atoms with E-state index >= 15 is 0 Å². The Balaban J connectivity index is 0.00000144. The van der Waals surface area contributed by atoms with Crippen LogP contribution in [0.2, 0.25) is 0 Å². The number of hydrogen-bond donors (Lipinski definition) is 2. The van der Waals surface area contributed by atoms with Crippen molar-refractivity contribution < 1.29 is 0 Å². The third-order valence-corrected chi connectivity index (χ3v) is 2.79. The van der Waals surface area contributed by atoms with E-state index in [2.05, 4.69) is 26.0 Å². The van der Waals surface area contributed by atoms with Gasteiger partial charge in [-0.15, -0.1) is 12.4 Å². The van der Waals surface area contributed by atoms with Gasteiger partial charge in [-0.1, -0.05) is 12.1 Å². The van der Waals surface area contributed by atoms with Crippen molar-refractivity contribution in [3.63, 3.8) is 0 Å². The summed E-state index contributed by atoms with van der Waals surface area (Å²) in [5, 5.41) is 0. The van der Waals surface area contributed by atoms with Crippen molar-refractivity contribution in [2.45, 2.75) is 13.8 Å². The number of aryl methyl sites for hydroxylation is 2. The molecule has 0 amide bonds. The predicted octanol–water partition coefficient (Wildman–Crippen LogP) is 3.56. The van der Waals surface area contributed by atoms with E-state index in [1.807, 2.05) is 24.3 Å². The van der Waals surface area contributed by atoms with Crippen molar-refractivity contribution in [2.75, 3.05) is 11.5 Å². The van der Waals surface area contributed by atoms with E-state index in [-0.39, 0.29) is 12.4 Å². The Kier molecular flexibility index (Phi) is 4.02. The lowest BCUT2D eigenvalue weighted by Gasteiger charge is -2.10. The van der Waals surface area contributed by atoms with Crippen molar-refractivity contribution in [2.24, 2.45) is 0 Å². The Morgan fingerprint density at radius 3 is 1.35 bits per heavy atom. The molecule has 0 aliphatic heterocycles. The molecular formula is C14H17ClN2. The van der Waals surface area contributed by atoms with E-state index in [1.165, 1.54) is 22.3 Å². The van der Waals surface area contributed by atoms with Gasteiger partial charge in [-0.3, -0.25) is 0 Å². The van der Waals surface area contributed by atoms with E-state index in [0.717, 1.165) is 11.4 Å². The molecule has 0 aliphatic carbocycles. The number of nitrogen functional groups attached to an aromatic ring is 2. The highest BCUT2D eigenvalue weighted by molar-refractivity contribution is 5.85. The molecule has 0 radical (unpaired) electrons. The van der Waals surface area contributed by atoms with Gasteiger partial charge in [-0.25, -0.2) is 0 Å². The average molecular weight is 249 g/mol. The molecule has 17 heavy (non-hydrogen) atoms. The molecule has 0 aliphatic rings. The first-order valence-corrected chi connectivity index (χ1v) is 5.30. The number of nitrogens with two attached hydrogens (primary N) is 2. The molecule has 0 saturated heterocycles. The second kappa shape index (κ2) is 5.11. The van der Waals surface area contributed by atoms with Gasteiger partial charge in [0.15, 0.2) is 0 Å². The summed E-state index contributed by atoms with van der Waals surface area (Å²) in [4.78, 5) is 0. The van der Waals surface area contributed by atoms with Crippen molar-refractivity contribution in [3.05, 3.63) is 47.5 Å². The highest BCUT2D eigenvalue weighted by Gasteiger charge is 2.05. The summed E-state index contributed by atoms with van der Waals surface area (Å²) in [6.45, 7) is 4.14. The van der Waals surface area contributed by atoms with Crippen LogP contribution in [0.5, 0.6) is 0 Å².